The van der Waals surface area contributed by atoms with Crippen LogP contribution >= 0.6 is 0 Å². The Bertz CT molecular complexity index is 1000. The van der Waals surface area contributed by atoms with Crippen LogP contribution in [0, 0.1) is 0 Å². The monoisotopic (exact) mass is 366 g/mol. The summed E-state index contributed by atoms with van der Waals surface area (Å²) in [6.07, 6.45) is 2.92. The van der Waals surface area contributed by atoms with Crippen LogP contribution in [0.3, 0.4) is 0 Å². The summed E-state index contributed by atoms with van der Waals surface area (Å²) in [5.74, 6) is -0.0542. The molecule has 0 N–H and O–H groups in total. The fraction of sp³-hybridized carbons (Fsp3) is 0.368. The van der Waals surface area contributed by atoms with Gasteiger partial charge in [-0.3, -0.25) is 23.7 Å². The van der Waals surface area contributed by atoms with Crippen LogP contribution in [-0.2, 0) is 24.9 Å². The average molecular weight is 366 g/mol. The summed E-state index contributed by atoms with van der Waals surface area (Å²) in [6.45, 7) is 3.90. The first kappa shape index (κ1) is 17.4. The van der Waals surface area contributed by atoms with Crippen molar-refractivity contribution in [2.45, 2.75) is 13.1 Å². The Hall–Kier alpha value is -3.00. The highest BCUT2D eigenvalue weighted by Gasteiger charge is 2.22. The number of fused-ring (bicyclic) bond motifs is 1. The van der Waals surface area contributed by atoms with E-state index in [4.69, 9.17) is 0 Å². The van der Waals surface area contributed by atoms with Gasteiger partial charge in [0.2, 0.25) is 5.91 Å². The van der Waals surface area contributed by atoms with Crippen molar-refractivity contribution in [2.24, 2.45) is 7.05 Å². The van der Waals surface area contributed by atoms with E-state index >= 15 is 0 Å². The lowest BCUT2D eigenvalue weighted by Gasteiger charge is -2.34. The summed E-state index contributed by atoms with van der Waals surface area (Å²) in [5.41, 5.74) is 1.57. The zero-order valence-corrected chi connectivity index (χ0v) is 15.3. The summed E-state index contributed by atoms with van der Waals surface area (Å²) in [4.78, 5) is 33.5. The standard InChI is InChI=1S/C19H22N6O2/c1-22-18-16(11-21-22)19(27)25(14-20-18)13-17(26)24-9-7-23(8-10-24)12-15-5-3-2-4-6-15/h2-6,11,14H,7-10,12-13H2,1H3. The Balaban J connectivity index is 1.37. The first-order valence-electron chi connectivity index (χ1n) is 9.03. The predicted molar refractivity (Wildman–Crippen MR) is 101 cm³/mol. The van der Waals surface area contributed by atoms with E-state index in [2.05, 4.69) is 27.1 Å². The third kappa shape index (κ3) is 3.61. The highest BCUT2D eigenvalue weighted by molar-refractivity contribution is 5.77. The van der Waals surface area contributed by atoms with Gasteiger partial charge in [0.25, 0.3) is 5.56 Å². The van der Waals surface area contributed by atoms with Crippen molar-refractivity contribution in [1.82, 2.24) is 29.1 Å². The molecule has 0 spiro atoms. The van der Waals surface area contributed by atoms with Crippen LogP contribution in [-0.4, -0.2) is 61.2 Å². The van der Waals surface area contributed by atoms with E-state index in [9.17, 15) is 9.59 Å². The van der Waals surface area contributed by atoms with E-state index in [0.717, 1.165) is 19.6 Å². The zero-order valence-electron chi connectivity index (χ0n) is 15.3. The zero-order chi connectivity index (χ0) is 18.8. The van der Waals surface area contributed by atoms with Crippen molar-refractivity contribution in [3.8, 4) is 0 Å². The van der Waals surface area contributed by atoms with E-state index in [1.54, 1.807) is 11.7 Å². The Morgan fingerprint density at radius 3 is 2.59 bits per heavy atom. The lowest BCUT2D eigenvalue weighted by molar-refractivity contribution is -0.133. The van der Waals surface area contributed by atoms with Gasteiger partial charge in [0.05, 0.1) is 6.20 Å². The quantitative estimate of drug-likeness (QED) is 0.671. The molecule has 3 aromatic rings. The number of rotatable bonds is 4. The van der Waals surface area contributed by atoms with Gasteiger partial charge in [-0.15, -0.1) is 0 Å². The van der Waals surface area contributed by atoms with Crippen molar-refractivity contribution in [1.29, 1.82) is 0 Å². The molecule has 1 aliphatic heterocycles. The number of nitrogens with zero attached hydrogens (tertiary/aromatic N) is 6. The fourth-order valence-electron chi connectivity index (χ4n) is 3.42. The first-order valence-corrected chi connectivity index (χ1v) is 9.03. The molecule has 0 atom stereocenters. The van der Waals surface area contributed by atoms with Crippen LogP contribution in [0.15, 0.2) is 47.7 Å². The summed E-state index contributed by atoms with van der Waals surface area (Å²) < 4.78 is 2.91. The van der Waals surface area contributed by atoms with Gasteiger partial charge >= 0.3 is 0 Å². The summed E-state index contributed by atoms with van der Waals surface area (Å²) in [5, 5.41) is 4.48. The number of piperazine rings is 1. The van der Waals surface area contributed by atoms with Crippen LogP contribution in [0.1, 0.15) is 5.56 Å². The third-order valence-electron chi connectivity index (χ3n) is 5.00. The van der Waals surface area contributed by atoms with E-state index in [-0.39, 0.29) is 18.0 Å². The van der Waals surface area contributed by atoms with Gasteiger partial charge < -0.3 is 4.90 Å². The molecule has 1 fully saturated rings. The van der Waals surface area contributed by atoms with E-state index in [0.29, 0.717) is 24.1 Å². The largest absolute Gasteiger partial charge is 0.339 e. The molecule has 0 aliphatic carbocycles. The van der Waals surface area contributed by atoms with Crippen molar-refractivity contribution in [3.05, 3.63) is 58.8 Å². The minimum atomic E-state index is -0.232. The van der Waals surface area contributed by atoms with E-state index in [1.807, 2.05) is 23.1 Å². The number of hydrogen-bond acceptors (Lipinski definition) is 5. The maximum Gasteiger partial charge on any atom is 0.264 e. The van der Waals surface area contributed by atoms with E-state index < -0.39 is 0 Å². The van der Waals surface area contributed by atoms with Crippen LogP contribution in [0.5, 0.6) is 0 Å². The molecule has 140 valence electrons. The predicted octanol–water partition coefficient (Wildman–Crippen LogP) is 0.474. The van der Waals surface area contributed by atoms with Crippen LogP contribution < -0.4 is 5.56 Å². The maximum atomic E-state index is 12.6. The molecular weight excluding hydrogens is 344 g/mol. The highest BCUT2D eigenvalue weighted by atomic mass is 16.2. The topological polar surface area (TPSA) is 76.3 Å². The second-order valence-electron chi connectivity index (χ2n) is 6.83. The first-order chi connectivity index (χ1) is 13.1. The lowest BCUT2D eigenvalue weighted by atomic mass is 10.2. The molecule has 0 unspecified atom stereocenters. The molecule has 27 heavy (non-hydrogen) atoms. The van der Waals surface area contributed by atoms with Crippen molar-refractivity contribution in [2.75, 3.05) is 26.2 Å². The number of amides is 1. The summed E-state index contributed by atoms with van der Waals surface area (Å²) >= 11 is 0. The molecule has 8 heteroatoms. The number of carbonyl (C=O) groups excluding carboxylic acids is 1. The fourth-order valence-corrected chi connectivity index (χ4v) is 3.42. The average Bonchev–Trinajstić information content (AvgIpc) is 3.07. The summed E-state index contributed by atoms with van der Waals surface area (Å²) in [7, 11) is 1.74. The van der Waals surface area contributed by atoms with Gasteiger partial charge in [0.15, 0.2) is 5.65 Å². The molecule has 1 amide bonds. The van der Waals surface area contributed by atoms with E-state index in [1.165, 1.54) is 22.7 Å². The Morgan fingerprint density at radius 1 is 1.11 bits per heavy atom. The lowest BCUT2D eigenvalue weighted by Crippen LogP contribution is -2.49. The van der Waals surface area contributed by atoms with Crippen LogP contribution in [0.4, 0.5) is 0 Å². The molecular formula is C19H22N6O2. The van der Waals surface area contributed by atoms with Crippen molar-refractivity contribution >= 4 is 16.9 Å². The normalized spacial score (nSPS) is 15.4. The molecule has 0 saturated carbocycles. The second kappa shape index (κ2) is 7.32. The molecule has 3 heterocycles. The smallest absolute Gasteiger partial charge is 0.264 e. The SMILES string of the molecule is Cn1ncc2c(=O)n(CC(=O)N3CCN(Cc4ccccc4)CC3)cnc21. The molecule has 8 nitrogen and oxygen atoms in total. The van der Waals surface area contributed by atoms with Gasteiger partial charge in [0.1, 0.15) is 18.3 Å². The molecule has 2 aromatic heterocycles. The second-order valence-corrected chi connectivity index (χ2v) is 6.83. The highest BCUT2D eigenvalue weighted by Crippen LogP contribution is 2.09. The Labute approximate surface area is 156 Å². The Kier molecular flexibility index (Phi) is 4.72. The van der Waals surface area contributed by atoms with Gasteiger partial charge in [-0.1, -0.05) is 30.3 Å². The number of benzene rings is 1. The number of aryl methyl sites for hydroxylation is 1. The van der Waals surface area contributed by atoms with Gasteiger partial charge in [-0.25, -0.2) is 4.98 Å². The number of carbonyl (C=O) groups is 1. The molecule has 1 aromatic carbocycles. The summed E-state index contributed by atoms with van der Waals surface area (Å²) in [6, 6.07) is 10.3. The minimum Gasteiger partial charge on any atom is -0.339 e. The molecule has 0 bridgehead atoms. The Morgan fingerprint density at radius 2 is 1.85 bits per heavy atom. The number of aromatic nitrogens is 4. The van der Waals surface area contributed by atoms with Crippen molar-refractivity contribution in [3.63, 3.8) is 0 Å². The van der Waals surface area contributed by atoms with Gasteiger partial charge in [-0.2, -0.15) is 5.10 Å². The molecule has 4 rings (SSSR count). The number of hydrogen-bond donors (Lipinski definition) is 0. The van der Waals surface area contributed by atoms with Crippen LogP contribution in [0.25, 0.3) is 11.0 Å². The maximum absolute atomic E-state index is 12.6. The van der Waals surface area contributed by atoms with Crippen molar-refractivity contribution < 1.29 is 4.79 Å². The van der Waals surface area contributed by atoms with Crippen LogP contribution in [0.2, 0.25) is 0 Å². The third-order valence-corrected chi connectivity index (χ3v) is 5.00. The van der Waals surface area contributed by atoms with Gasteiger partial charge in [-0.05, 0) is 5.56 Å². The molecule has 1 aliphatic rings. The molecule has 1 saturated heterocycles. The van der Waals surface area contributed by atoms with Gasteiger partial charge in [0, 0.05) is 39.8 Å². The minimum absolute atomic E-state index is 0.00928. The molecule has 0 radical (unpaired) electrons.